The van der Waals surface area contributed by atoms with Crippen molar-refractivity contribution in [2.45, 2.75) is 26.4 Å². The Morgan fingerprint density at radius 3 is 2.27 bits per heavy atom. The van der Waals surface area contributed by atoms with E-state index < -0.39 is 11.9 Å². The Balaban J connectivity index is 2.23. The number of methoxy groups -OCH3 is 2. The van der Waals surface area contributed by atoms with Gasteiger partial charge in [-0.3, -0.25) is 0 Å². The molecule has 0 aliphatic heterocycles. The molecule has 0 spiro atoms. The fourth-order valence-electron chi connectivity index (χ4n) is 2.77. The van der Waals surface area contributed by atoms with Gasteiger partial charge in [-0.25, -0.2) is 9.59 Å². The molecule has 0 amide bonds. The molecule has 1 N–H and O–H groups in total. The van der Waals surface area contributed by atoms with Gasteiger partial charge in [-0.1, -0.05) is 44.2 Å². The third kappa shape index (κ3) is 4.73. The Bertz CT molecular complexity index is 736. The van der Waals surface area contributed by atoms with Crippen molar-refractivity contribution in [1.82, 2.24) is 4.98 Å². The summed E-state index contributed by atoms with van der Waals surface area (Å²) in [6.45, 7) is 4.98. The van der Waals surface area contributed by atoms with Crippen molar-refractivity contribution in [3.05, 3.63) is 58.9 Å². The van der Waals surface area contributed by atoms with E-state index in [0.29, 0.717) is 18.8 Å². The van der Waals surface area contributed by atoms with E-state index in [-0.39, 0.29) is 23.2 Å². The molecule has 0 fully saturated rings. The maximum absolute atomic E-state index is 12.1. The van der Waals surface area contributed by atoms with Crippen LogP contribution >= 0.6 is 0 Å². The predicted molar refractivity (Wildman–Crippen MR) is 97.1 cm³/mol. The van der Waals surface area contributed by atoms with Crippen LogP contribution in [0.4, 0.5) is 0 Å². The molecular weight excluding hydrogens is 334 g/mol. The number of benzene rings is 1. The maximum Gasteiger partial charge on any atom is 0.354 e. The zero-order chi connectivity index (χ0) is 19.1. The highest BCUT2D eigenvalue weighted by molar-refractivity contribution is 5.94. The zero-order valence-corrected chi connectivity index (χ0v) is 15.6. The Morgan fingerprint density at radius 1 is 1.04 bits per heavy atom. The molecule has 1 aromatic carbocycles. The predicted octanol–water partition coefficient (Wildman–Crippen LogP) is 3.54. The van der Waals surface area contributed by atoms with Gasteiger partial charge in [0.25, 0.3) is 0 Å². The van der Waals surface area contributed by atoms with Crippen LogP contribution in [-0.2, 0) is 20.8 Å². The monoisotopic (exact) mass is 359 g/mol. The van der Waals surface area contributed by atoms with Gasteiger partial charge in [0.1, 0.15) is 11.4 Å². The molecule has 140 valence electrons. The van der Waals surface area contributed by atoms with Crippen molar-refractivity contribution in [2.24, 2.45) is 5.92 Å². The highest BCUT2D eigenvalue weighted by Gasteiger charge is 2.27. The minimum atomic E-state index is -0.533. The van der Waals surface area contributed by atoms with E-state index in [2.05, 4.69) is 4.98 Å². The average Bonchev–Trinajstić information content (AvgIpc) is 3.09. The van der Waals surface area contributed by atoms with Crippen LogP contribution < -0.4 is 0 Å². The van der Waals surface area contributed by atoms with Gasteiger partial charge in [-0.2, -0.15) is 0 Å². The fraction of sp³-hybridized carbons (Fsp3) is 0.400. The highest BCUT2D eigenvalue weighted by atomic mass is 16.5. The second-order valence-corrected chi connectivity index (χ2v) is 6.35. The number of nitrogens with one attached hydrogen (secondary N) is 1. The summed E-state index contributed by atoms with van der Waals surface area (Å²) in [7, 11) is 2.60. The fourth-order valence-corrected chi connectivity index (χ4v) is 2.77. The quantitative estimate of drug-likeness (QED) is 0.730. The minimum Gasteiger partial charge on any atom is -0.464 e. The van der Waals surface area contributed by atoms with Crippen molar-refractivity contribution in [3.8, 4) is 0 Å². The van der Waals surface area contributed by atoms with Gasteiger partial charge in [0.2, 0.25) is 0 Å². The lowest BCUT2D eigenvalue weighted by molar-refractivity contribution is 0.0587. The average molecular weight is 359 g/mol. The van der Waals surface area contributed by atoms with E-state index in [1.807, 2.05) is 44.2 Å². The Morgan fingerprint density at radius 2 is 1.69 bits per heavy atom. The Labute approximate surface area is 153 Å². The summed E-state index contributed by atoms with van der Waals surface area (Å²) in [6.07, 6.45) is 0. The second-order valence-electron chi connectivity index (χ2n) is 6.35. The van der Waals surface area contributed by atoms with Gasteiger partial charge in [0, 0.05) is 5.92 Å². The molecule has 0 aliphatic rings. The first-order chi connectivity index (χ1) is 12.5. The van der Waals surface area contributed by atoms with E-state index in [0.717, 1.165) is 5.56 Å². The third-order valence-corrected chi connectivity index (χ3v) is 4.26. The number of hydrogen-bond acceptors (Lipinski definition) is 5. The number of aromatic amines is 1. The molecule has 6 nitrogen and oxygen atoms in total. The van der Waals surface area contributed by atoms with Crippen LogP contribution in [0.25, 0.3) is 0 Å². The van der Waals surface area contributed by atoms with E-state index in [4.69, 9.17) is 14.2 Å². The molecule has 26 heavy (non-hydrogen) atoms. The molecule has 0 saturated carbocycles. The van der Waals surface area contributed by atoms with Gasteiger partial charge >= 0.3 is 11.9 Å². The molecule has 1 heterocycles. The molecule has 0 radical (unpaired) electrons. The molecule has 2 rings (SSSR count). The van der Waals surface area contributed by atoms with Crippen molar-refractivity contribution < 1.29 is 23.8 Å². The lowest BCUT2D eigenvalue weighted by atomic mass is 9.89. The molecular formula is C20H25NO5. The van der Waals surface area contributed by atoms with E-state index in [9.17, 15) is 9.59 Å². The van der Waals surface area contributed by atoms with Gasteiger partial charge in [-0.05, 0) is 23.1 Å². The summed E-state index contributed by atoms with van der Waals surface area (Å²) in [5.74, 6) is -0.948. The second kappa shape index (κ2) is 9.20. The van der Waals surface area contributed by atoms with Gasteiger partial charge in [0.15, 0.2) is 0 Å². The number of carbonyl (C=O) groups is 2. The first kappa shape index (κ1) is 19.7. The van der Waals surface area contributed by atoms with Crippen LogP contribution in [0.1, 0.15) is 51.9 Å². The summed E-state index contributed by atoms with van der Waals surface area (Å²) in [6, 6.07) is 11.5. The van der Waals surface area contributed by atoms with Crippen LogP contribution in [0.3, 0.4) is 0 Å². The third-order valence-electron chi connectivity index (χ3n) is 4.26. The topological polar surface area (TPSA) is 77.6 Å². The SMILES string of the molecule is COC(=O)c1cc([C@H](COCc2ccccc2)C(C)C)c(C(=O)OC)[nH]1. The lowest BCUT2D eigenvalue weighted by Gasteiger charge is -2.21. The Hall–Kier alpha value is -2.60. The first-order valence-corrected chi connectivity index (χ1v) is 8.49. The van der Waals surface area contributed by atoms with Crippen LogP contribution in [0, 0.1) is 5.92 Å². The summed E-state index contributed by atoms with van der Waals surface area (Å²) >= 11 is 0. The Kier molecular flexibility index (Phi) is 6.97. The van der Waals surface area contributed by atoms with Crippen LogP contribution in [0.2, 0.25) is 0 Å². The molecule has 6 heteroatoms. The standard InChI is InChI=1S/C20H25NO5/c1-13(2)16(12-26-11-14-8-6-5-7-9-14)15-10-17(19(22)24-3)21-18(15)20(23)25-4/h5-10,13,16,21H,11-12H2,1-4H3/t16-/m1/s1. The lowest BCUT2D eigenvalue weighted by Crippen LogP contribution is -2.17. The van der Waals surface area contributed by atoms with Crippen molar-refractivity contribution in [3.63, 3.8) is 0 Å². The summed E-state index contributed by atoms with van der Waals surface area (Å²) in [5, 5.41) is 0. The molecule has 0 bridgehead atoms. The largest absolute Gasteiger partial charge is 0.464 e. The number of carbonyl (C=O) groups excluding carboxylic acids is 2. The summed E-state index contributed by atoms with van der Waals surface area (Å²) < 4.78 is 15.5. The van der Waals surface area contributed by atoms with Crippen LogP contribution in [0.5, 0.6) is 0 Å². The molecule has 0 unspecified atom stereocenters. The van der Waals surface area contributed by atoms with E-state index >= 15 is 0 Å². The number of rotatable bonds is 8. The molecule has 0 aliphatic carbocycles. The van der Waals surface area contributed by atoms with Gasteiger partial charge < -0.3 is 19.2 Å². The molecule has 0 saturated heterocycles. The van der Waals surface area contributed by atoms with Crippen LogP contribution in [0.15, 0.2) is 36.4 Å². The zero-order valence-electron chi connectivity index (χ0n) is 15.6. The van der Waals surface area contributed by atoms with E-state index in [1.54, 1.807) is 6.07 Å². The maximum atomic E-state index is 12.1. The number of ether oxygens (including phenoxy) is 3. The summed E-state index contributed by atoms with van der Waals surface area (Å²) in [5.41, 5.74) is 2.25. The van der Waals surface area contributed by atoms with Gasteiger partial charge in [0.05, 0.1) is 27.4 Å². The van der Waals surface area contributed by atoms with Crippen LogP contribution in [-0.4, -0.2) is 37.7 Å². The van der Waals surface area contributed by atoms with Crippen molar-refractivity contribution in [2.75, 3.05) is 20.8 Å². The summed E-state index contributed by atoms with van der Waals surface area (Å²) in [4.78, 5) is 26.8. The number of aromatic nitrogens is 1. The first-order valence-electron chi connectivity index (χ1n) is 8.49. The smallest absolute Gasteiger partial charge is 0.354 e. The molecule has 1 aromatic heterocycles. The minimum absolute atomic E-state index is 0.0810. The van der Waals surface area contributed by atoms with E-state index in [1.165, 1.54) is 14.2 Å². The normalized spacial score (nSPS) is 12.0. The molecule has 2 aromatic rings. The number of H-pyrrole nitrogens is 1. The number of hydrogen-bond donors (Lipinski definition) is 1. The van der Waals surface area contributed by atoms with Crippen molar-refractivity contribution >= 4 is 11.9 Å². The number of esters is 2. The highest BCUT2D eigenvalue weighted by Crippen LogP contribution is 2.30. The van der Waals surface area contributed by atoms with Gasteiger partial charge in [-0.15, -0.1) is 0 Å². The molecule has 1 atom stereocenters. The van der Waals surface area contributed by atoms with Crippen molar-refractivity contribution in [1.29, 1.82) is 0 Å².